The monoisotopic (exact) mass is 362 g/mol. The first kappa shape index (κ1) is 17.3. The topological polar surface area (TPSA) is 61.1 Å². The van der Waals surface area contributed by atoms with Crippen molar-refractivity contribution >= 4 is 27.8 Å². The summed E-state index contributed by atoms with van der Waals surface area (Å²) in [7, 11) is 3.71. The van der Waals surface area contributed by atoms with E-state index in [0.29, 0.717) is 25.4 Å². The quantitative estimate of drug-likeness (QED) is 0.573. The van der Waals surface area contributed by atoms with Gasteiger partial charge in [-0.1, -0.05) is 18.2 Å². The average Bonchev–Trinajstić information content (AvgIpc) is 3.22. The fourth-order valence-electron chi connectivity index (χ4n) is 3.55. The van der Waals surface area contributed by atoms with Gasteiger partial charge < -0.3 is 19.2 Å². The van der Waals surface area contributed by atoms with Gasteiger partial charge in [-0.3, -0.25) is 9.78 Å². The van der Waals surface area contributed by atoms with Crippen LogP contribution in [0.3, 0.4) is 0 Å². The zero-order chi connectivity index (χ0) is 18.8. The van der Waals surface area contributed by atoms with E-state index in [9.17, 15) is 4.79 Å². The van der Waals surface area contributed by atoms with Crippen molar-refractivity contribution in [1.82, 2.24) is 19.4 Å². The summed E-state index contributed by atoms with van der Waals surface area (Å²) in [5.74, 6) is -0.0943. The SMILES string of the molecule is COCCn1c(C(=O)NCc2ccncc2)cc2c1c1ccccc1n2C. The second-order valence-corrected chi connectivity index (χ2v) is 6.52. The second-order valence-electron chi connectivity index (χ2n) is 6.52. The largest absolute Gasteiger partial charge is 0.383 e. The van der Waals surface area contributed by atoms with Crippen molar-refractivity contribution in [2.75, 3.05) is 13.7 Å². The Balaban J connectivity index is 1.75. The van der Waals surface area contributed by atoms with Crippen molar-refractivity contribution in [3.63, 3.8) is 0 Å². The van der Waals surface area contributed by atoms with Crippen LogP contribution in [0.15, 0.2) is 54.9 Å². The van der Waals surface area contributed by atoms with Crippen molar-refractivity contribution in [2.24, 2.45) is 7.05 Å². The molecular formula is C21H22N4O2. The number of hydrogen-bond acceptors (Lipinski definition) is 3. The van der Waals surface area contributed by atoms with Gasteiger partial charge in [0.25, 0.3) is 5.91 Å². The molecule has 0 aliphatic rings. The van der Waals surface area contributed by atoms with E-state index in [0.717, 1.165) is 27.5 Å². The predicted octanol–water partition coefficient (Wildman–Crippen LogP) is 3.10. The van der Waals surface area contributed by atoms with Crippen molar-refractivity contribution in [3.8, 4) is 0 Å². The smallest absolute Gasteiger partial charge is 0.268 e. The summed E-state index contributed by atoms with van der Waals surface area (Å²) in [6, 6.07) is 14.0. The molecule has 3 aromatic heterocycles. The van der Waals surface area contributed by atoms with Crippen molar-refractivity contribution < 1.29 is 9.53 Å². The fourth-order valence-corrected chi connectivity index (χ4v) is 3.55. The van der Waals surface area contributed by atoms with Gasteiger partial charge in [-0.25, -0.2) is 0 Å². The second kappa shape index (κ2) is 7.25. The Morgan fingerprint density at radius 2 is 1.93 bits per heavy atom. The number of aryl methyl sites for hydroxylation is 1. The van der Waals surface area contributed by atoms with Crippen molar-refractivity contribution in [1.29, 1.82) is 0 Å². The lowest BCUT2D eigenvalue weighted by atomic mass is 10.2. The van der Waals surface area contributed by atoms with Crippen LogP contribution < -0.4 is 5.32 Å². The molecule has 27 heavy (non-hydrogen) atoms. The number of fused-ring (bicyclic) bond motifs is 3. The number of para-hydroxylation sites is 1. The highest BCUT2D eigenvalue weighted by Crippen LogP contribution is 2.31. The van der Waals surface area contributed by atoms with E-state index in [4.69, 9.17) is 4.74 Å². The minimum Gasteiger partial charge on any atom is -0.383 e. The highest BCUT2D eigenvalue weighted by Gasteiger charge is 2.20. The van der Waals surface area contributed by atoms with Crippen LogP contribution in [0.5, 0.6) is 0 Å². The van der Waals surface area contributed by atoms with E-state index < -0.39 is 0 Å². The molecule has 0 saturated carbocycles. The van der Waals surface area contributed by atoms with E-state index in [-0.39, 0.29) is 5.91 Å². The minimum atomic E-state index is -0.0943. The molecule has 1 aromatic carbocycles. The van der Waals surface area contributed by atoms with Crippen LogP contribution >= 0.6 is 0 Å². The molecule has 1 amide bonds. The van der Waals surface area contributed by atoms with Crippen LogP contribution in [-0.2, 0) is 24.9 Å². The highest BCUT2D eigenvalue weighted by molar-refractivity contribution is 6.10. The number of amides is 1. The Morgan fingerprint density at radius 1 is 1.15 bits per heavy atom. The summed E-state index contributed by atoms with van der Waals surface area (Å²) in [6.07, 6.45) is 3.45. The third kappa shape index (κ3) is 3.08. The number of ether oxygens (including phenoxy) is 1. The number of nitrogens with one attached hydrogen (secondary N) is 1. The average molecular weight is 362 g/mol. The Bertz CT molecular complexity index is 1100. The van der Waals surface area contributed by atoms with E-state index in [1.54, 1.807) is 19.5 Å². The van der Waals surface area contributed by atoms with Crippen LogP contribution in [0.25, 0.3) is 21.9 Å². The van der Waals surface area contributed by atoms with E-state index >= 15 is 0 Å². The van der Waals surface area contributed by atoms with Gasteiger partial charge in [0.15, 0.2) is 0 Å². The van der Waals surface area contributed by atoms with E-state index in [1.165, 1.54) is 0 Å². The maximum Gasteiger partial charge on any atom is 0.268 e. The molecule has 0 spiro atoms. The molecule has 0 aliphatic heterocycles. The fraction of sp³-hybridized carbons (Fsp3) is 0.238. The van der Waals surface area contributed by atoms with Crippen LogP contribution in [0.4, 0.5) is 0 Å². The zero-order valence-electron chi connectivity index (χ0n) is 15.5. The molecule has 0 bridgehead atoms. The molecule has 3 heterocycles. The number of aromatic nitrogens is 3. The molecule has 0 radical (unpaired) electrons. The van der Waals surface area contributed by atoms with Gasteiger partial charge in [0.2, 0.25) is 0 Å². The Hall–Kier alpha value is -3.12. The van der Waals surface area contributed by atoms with Gasteiger partial charge in [0, 0.05) is 45.0 Å². The molecule has 0 aliphatic carbocycles. The Morgan fingerprint density at radius 3 is 2.70 bits per heavy atom. The van der Waals surface area contributed by atoms with E-state index in [2.05, 4.69) is 31.6 Å². The first-order chi connectivity index (χ1) is 13.2. The lowest BCUT2D eigenvalue weighted by Gasteiger charge is -2.11. The van der Waals surface area contributed by atoms with E-state index in [1.807, 2.05) is 37.4 Å². The molecule has 0 atom stereocenters. The molecule has 1 N–H and O–H groups in total. The molecule has 6 heteroatoms. The molecule has 0 fully saturated rings. The highest BCUT2D eigenvalue weighted by atomic mass is 16.5. The Labute approximate surface area is 157 Å². The summed E-state index contributed by atoms with van der Waals surface area (Å²) in [5, 5.41) is 4.15. The van der Waals surface area contributed by atoms with Crippen molar-refractivity contribution in [2.45, 2.75) is 13.1 Å². The third-order valence-electron chi connectivity index (χ3n) is 4.91. The summed E-state index contributed by atoms with van der Waals surface area (Å²) in [5.41, 5.74) is 4.92. The summed E-state index contributed by atoms with van der Waals surface area (Å²) < 4.78 is 9.47. The van der Waals surface area contributed by atoms with Gasteiger partial charge in [0.05, 0.1) is 23.2 Å². The zero-order valence-corrected chi connectivity index (χ0v) is 15.5. The van der Waals surface area contributed by atoms with Crippen molar-refractivity contribution in [3.05, 3.63) is 66.1 Å². The Kier molecular flexibility index (Phi) is 4.64. The summed E-state index contributed by atoms with van der Waals surface area (Å²) >= 11 is 0. The molecule has 0 saturated heterocycles. The molecule has 6 nitrogen and oxygen atoms in total. The maximum atomic E-state index is 12.9. The van der Waals surface area contributed by atoms with Gasteiger partial charge in [-0.2, -0.15) is 0 Å². The molecular weight excluding hydrogens is 340 g/mol. The number of methoxy groups -OCH3 is 1. The molecule has 4 aromatic rings. The van der Waals surface area contributed by atoms with Gasteiger partial charge in [0.1, 0.15) is 5.69 Å². The first-order valence-corrected chi connectivity index (χ1v) is 8.93. The van der Waals surface area contributed by atoms with Crippen LogP contribution in [0.2, 0.25) is 0 Å². The number of rotatable bonds is 6. The van der Waals surface area contributed by atoms with Gasteiger partial charge in [-0.05, 0) is 29.8 Å². The number of carbonyl (C=O) groups is 1. The van der Waals surface area contributed by atoms with Crippen LogP contribution in [0, 0.1) is 0 Å². The summed E-state index contributed by atoms with van der Waals surface area (Å²) in [4.78, 5) is 16.9. The molecule has 4 rings (SSSR count). The number of benzene rings is 1. The lowest BCUT2D eigenvalue weighted by molar-refractivity contribution is 0.0939. The number of nitrogens with zero attached hydrogens (tertiary/aromatic N) is 3. The van der Waals surface area contributed by atoms with Crippen LogP contribution in [-0.4, -0.2) is 33.7 Å². The normalized spacial score (nSPS) is 11.3. The number of pyridine rings is 1. The third-order valence-corrected chi connectivity index (χ3v) is 4.91. The lowest BCUT2D eigenvalue weighted by Crippen LogP contribution is -2.26. The van der Waals surface area contributed by atoms with Gasteiger partial charge >= 0.3 is 0 Å². The first-order valence-electron chi connectivity index (χ1n) is 8.93. The van der Waals surface area contributed by atoms with Crippen LogP contribution in [0.1, 0.15) is 16.1 Å². The maximum absolute atomic E-state index is 12.9. The molecule has 138 valence electrons. The standard InChI is InChI=1S/C21H22N4O2/c1-24-17-6-4-3-5-16(17)20-18(24)13-19(25(20)11-12-27-2)21(26)23-14-15-7-9-22-10-8-15/h3-10,13H,11-12,14H2,1-2H3,(H,23,26). The van der Waals surface area contributed by atoms with Gasteiger partial charge in [-0.15, -0.1) is 0 Å². The minimum absolute atomic E-state index is 0.0943. The predicted molar refractivity (Wildman–Crippen MR) is 106 cm³/mol. The number of hydrogen-bond donors (Lipinski definition) is 1. The summed E-state index contributed by atoms with van der Waals surface area (Å²) in [6.45, 7) is 1.62. The number of carbonyl (C=O) groups excluding carboxylic acids is 1. The molecule has 0 unspecified atom stereocenters.